The second-order valence-corrected chi connectivity index (χ2v) is 4.84. The van der Waals surface area contributed by atoms with E-state index in [1.807, 2.05) is 32.0 Å². The number of benzene rings is 1. The number of amides is 1. The van der Waals surface area contributed by atoms with Gasteiger partial charge in [0.05, 0.1) is 0 Å². The van der Waals surface area contributed by atoms with Crippen LogP contribution in [0.2, 0.25) is 0 Å². The predicted molar refractivity (Wildman–Crippen MR) is 76.5 cm³/mol. The largest absolute Gasteiger partial charge is 0.348 e. The van der Waals surface area contributed by atoms with E-state index < -0.39 is 0 Å². The lowest BCUT2D eigenvalue weighted by atomic mass is 10.0. The van der Waals surface area contributed by atoms with E-state index in [0.29, 0.717) is 0 Å². The molecule has 1 aliphatic heterocycles. The average Bonchev–Trinajstić information content (AvgIpc) is 2.33. The Hall–Kier alpha value is -1.06. The summed E-state index contributed by atoms with van der Waals surface area (Å²) in [7, 11) is 0. The molecule has 2 rings (SSSR count). The van der Waals surface area contributed by atoms with Crippen molar-refractivity contribution in [3.05, 3.63) is 34.9 Å². The molecule has 0 aliphatic carbocycles. The smallest absolute Gasteiger partial charge is 0.251 e. The summed E-state index contributed by atoms with van der Waals surface area (Å²) in [5, 5.41) is 6.40. The van der Waals surface area contributed by atoms with Gasteiger partial charge in [-0.15, -0.1) is 12.4 Å². The molecule has 3 nitrogen and oxygen atoms in total. The zero-order valence-electron chi connectivity index (χ0n) is 11.0. The monoisotopic (exact) mass is 268 g/mol. The number of nitrogens with one attached hydrogen (secondary N) is 2. The molecule has 1 amide bonds. The van der Waals surface area contributed by atoms with Gasteiger partial charge in [0.15, 0.2) is 0 Å². The van der Waals surface area contributed by atoms with E-state index in [1.165, 1.54) is 0 Å². The van der Waals surface area contributed by atoms with E-state index in [-0.39, 0.29) is 24.4 Å². The summed E-state index contributed by atoms with van der Waals surface area (Å²) in [4.78, 5) is 12.1. The number of carbonyl (C=O) groups is 1. The number of aryl methyl sites for hydroxylation is 2. The molecule has 100 valence electrons. The van der Waals surface area contributed by atoms with Gasteiger partial charge in [0.1, 0.15) is 0 Å². The molecule has 0 saturated carbocycles. The second kappa shape index (κ2) is 6.76. The highest BCUT2D eigenvalue weighted by Crippen LogP contribution is 2.11. The Bertz CT molecular complexity index is 414. The Balaban J connectivity index is 0.00000162. The van der Waals surface area contributed by atoms with Crippen molar-refractivity contribution < 1.29 is 4.79 Å². The van der Waals surface area contributed by atoms with E-state index >= 15 is 0 Å². The Morgan fingerprint density at radius 3 is 2.83 bits per heavy atom. The van der Waals surface area contributed by atoms with Crippen LogP contribution >= 0.6 is 12.4 Å². The molecule has 1 fully saturated rings. The molecular formula is C14H21ClN2O. The Morgan fingerprint density at radius 2 is 2.17 bits per heavy atom. The van der Waals surface area contributed by atoms with Gasteiger partial charge >= 0.3 is 0 Å². The van der Waals surface area contributed by atoms with Gasteiger partial charge in [0.2, 0.25) is 0 Å². The summed E-state index contributed by atoms with van der Waals surface area (Å²) in [5.74, 6) is 0.0555. The van der Waals surface area contributed by atoms with Gasteiger partial charge < -0.3 is 10.6 Å². The minimum atomic E-state index is 0. The van der Waals surface area contributed by atoms with E-state index in [4.69, 9.17) is 0 Å². The van der Waals surface area contributed by atoms with Crippen LogP contribution in [0.4, 0.5) is 0 Å². The summed E-state index contributed by atoms with van der Waals surface area (Å²) < 4.78 is 0. The van der Waals surface area contributed by atoms with Crippen molar-refractivity contribution in [1.29, 1.82) is 0 Å². The number of hydrogen-bond donors (Lipinski definition) is 2. The van der Waals surface area contributed by atoms with Crippen molar-refractivity contribution in [2.45, 2.75) is 32.7 Å². The van der Waals surface area contributed by atoms with Crippen LogP contribution in [0, 0.1) is 13.8 Å². The van der Waals surface area contributed by atoms with Crippen molar-refractivity contribution >= 4 is 18.3 Å². The lowest BCUT2D eigenvalue weighted by molar-refractivity contribution is 0.0930. The van der Waals surface area contributed by atoms with Crippen LogP contribution in [0.25, 0.3) is 0 Å². The predicted octanol–water partition coefficient (Wildman–Crippen LogP) is 2.21. The van der Waals surface area contributed by atoms with Crippen molar-refractivity contribution in [2.24, 2.45) is 0 Å². The molecule has 0 radical (unpaired) electrons. The van der Waals surface area contributed by atoms with Gasteiger partial charge in [-0.1, -0.05) is 17.7 Å². The summed E-state index contributed by atoms with van der Waals surface area (Å²) in [6, 6.07) is 6.27. The summed E-state index contributed by atoms with van der Waals surface area (Å²) in [6.45, 7) is 5.94. The number of piperidine rings is 1. The molecule has 4 heteroatoms. The normalized spacial score (nSPS) is 18.9. The van der Waals surface area contributed by atoms with Gasteiger partial charge in [-0.3, -0.25) is 4.79 Å². The van der Waals surface area contributed by atoms with Crippen LogP contribution in [-0.4, -0.2) is 25.0 Å². The molecule has 1 atom stereocenters. The van der Waals surface area contributed by atoms with E-state index in [1.54, 1.807) is 0 Å². The van der Waals surface area contributed by atoms with E-state index in [9.17, 15) is 4.79 Å². The first-order valence-corrected chi connectivity index (χ1v) is 6.25. The molecule has 1 aromatic rings. The van der Waals surface area contributed by atoms with Crippen molar-refractivity contribution in [2.75, 3.05) is 13.1 Å². The van der Waals surface area contributed by atoms with Gasteiger partial charge in [0, 0.05) is 18.2 Å². The van der Waals surface area contributed by atoms with Crippen molar-refractivity contribution in [3.8, 4) is 0 Å². The van der Waals surface area contributed by atoms with Crippen LogP contribution in [0.3, 0.4) is 0 Å². The summed E-state index contributed by atoms with van der Waals surface area (Å²) >= 11 is 0. The third kappa shape index (κ3) is 3.72. The quantitative estimate of drug-likeness (QED) is 0.864. The lowest BCUT2D eigenvalue weighted by Crippen LogP contribution is -2.45. The fourth-order valence-corrected chi connectivity index (χ4v) is 2.22. The molecule has 2 N–H and O–H groups in total. The number of rotatable bonds is 2. The minimum absolute atomic E-state index is 0. The lowest BCUT2D eigenvalue weighted by Gasteiger charge is -2.24. The van der Waals surface area contributed by atoms with Gasteiger partial charge in [-0.2, -0.15) is 0 Å². The standard InChI is InChI=1S/C14H20N2O.ClH/c1-10-5-6-11(2)13(8-10)14(17)16-12-4-3-7-15-9-12;/h5-6,8,12,15H,3-4,7,9H2,1-2H3,(H,16,17);1H/t12-;/m1./s1. The highest BCUT2D eigenvalue weighted by atomic mass is 35.5. The number of hydrogen-bond acceptors (Lipinski definition) is 2. The fraction of sp³-hybridized carbons (Fsp3) is 0.500. The van der Waals surface area contributed by atoms with Crippen LogP contribution in [0.5, 0.6) is 0 Å². The maximum Gasteiger partial charge on any atom is 0.251 e. The highest BCUT2D eigenvalue weighted by molar-refractivity contribution is 5.96. The molecular weight excluding hydrogens is 248 g/mol. The molecule has 0 unspecified atom stereocenters. The molecule has 1 aliphatic rings. The summed E-state index contributed by atoms with van der Waals surface area (Å²) in [6.07, 6.45) is 2.21. The molecule has 1 saturated heterocycles. The van der Waals surface area contributed by atoms with Crippen molar-refractivity contribution in [1.82, 2.24) is 10.6 Å². The van der Waals surface area contributed by atoms with E-state index in [2.05, 4.69) is 10.6 Å². The first-order valence-electron chi connectivity index (χ1n) is 6.25. The van der Waals surface area contributed by atoms with Gasteiger partial charge in [-0.25, -0.2) is 0 Å². The Labute approximate surface area is 115 Å². The molecule has 1 heterocycles. The SMILES string of the molecule is Cc1ccc(C)c(C(=O)N[C@@H]2CCCNC2)c1.Cl. The Kier molecular flexibility index (Phi) is 5.63. The summed E-state index contributed by atoms with van der Waals surface area (Å²) in [5.41, 5.74) is 2.97. The first kappa shape index (κ1) is 15.0. The third-order valence-corrected chi connectivity index (χ3v) is 3.27. The first-order chi connectivity index (χ1) is 8.16. The number of halogens is 1. The van der Waals surface area contributed by atoms with Gasteiger partial charge in [0.25, 0.3) is 5.91 Å². The van der Waals surface area contributed by atoms with Crippen LogP contribution < -0.4 is 10.6 Å². The molecule has 1 aromatic carbocycles. The van der Waals surface area contributed by atoms with Crippen LogP contribution in [0.15, 0.2) is 18.2 Å². The maximum absolute atomic E-state index is 12.1. The average molecular weight is 269 g/mol. The number of carbonyl (C=O) groups excluding carboxylic acids is 1. The molecule has 0 aromatic heterocycles. The molecule has 0 spiro atoms. The van der Waals surface area contributed by atoms with Crippen LogP contribution in [0.1, 0.15) is 34.3 Å². The maximum atomic E-state index is 12.1. The van der Waals surface area contributed by atoms with Crippen molar-refractivity contribution in [3.63, 3.8) is 0 Å². The minimum Gasteiger partial charge on any atom is -0.348 e. The zero-order chi connectivity index (χ0) is 12.3. The fourth-order valence-electron chi connectivity index (χ4n) is 2.22. The second-order valence-electron chi connectivity index (χ2n) is 4.84. The van der Waals surface area contributed by atoms with Gasteiger partial charge in [-0.05, 0) is 44.9 Å². The Morgan fingerprint density at radius 1 is 1.39 bits per heavy atom. The topological polar surface area (TPSA) is 41.1 Å². The van der Waals surface area contributed by atoms with E-state index in [0.717, 1.165) is 42.6 Å². The zero-order valence-corrected chi connectivity index (χ0v) is 11.8. The van der Waals surface area contributed by atoms with Crippen LogP contribution in [-0.2, 0) is 0 Å². The molecule has 18 heavy (non-hydrogen) atoms. The highest BCUT2D eigenvalue weighted by Gasteiger charge is 2.17. The third-order valence-electron chi connectivity index (χ3n) is 3.27. The molecule has 0 bridgehead atoms.